The number of carbonyl (C=O) groups is 1. The highest BCUT2D eigenvalue weighted by Gasteiger charge is 2.44. The van der Waals surface area contributed by atoms with Crippen LogP contribution >= 0.6 is 11.8 Å². The van der Waals surface area contributed by atoms with E-state index in [1.165, 1.54) is 16.7 Å². The number of rotatable bonds is 7. The molecule has 0 aliphatic carbocycles. The Balaban J connectivity index is 1.94. The van der Waals surface area contributed by atoms with Gasteiger partial charge in [-0.25, -0.2) is 0 Å². The average molecular weight is 375 g/mol. The van der Waals surface area contributed by atoms with Crippen LogP contribution < -0.4 is 10.6 Å². The summed E-state index contributed by atoms with van der Waals surface area (Å²) in [6, 6.07) is 7.76. The molecular weight excluding hydrogens is 351 g/mol. The summed E-state index contributed by atoms with van der Waals surface area (Å²) in [5.41, 5.74) is 0. The van der Waals surface area contributed by atoms with E-state index < -0.39 is 24.0 Å². The normalized spacial score (nSPS) is 18.6. The molecule has 4 nitrogen and oxygen atoms in total. The Labute approximate surface area is 150 Å². The lowest BCUT2D eigenvalue weighted by Gasteiger charge is -2.36. The van der Waals surface area contributed by atoms with E-state index in [0.717, 1.165) is 4.90 Å². The molecule has 0 saturated carbocycles. The van der Waals surface area contributed by atoms with Crippen molar-refractivity contribution in [1.29, 1.82) is 0 Å². The maximum atomic E-state index is 13.4. The second-order valence-corrected chi connectivity index (χ2v) is 7.19. The molecule has 1 heterocycles. The van der Waals surface area contributed by atoms with Gasteiger partial charge < -0.3 is 10.6 Å². The van der Waals surface area contributed by atoms with Crippen molar-refractivity contribution in [2.24, 2.45) is 0 Å². The molecule has 1 aliphatic rings. The summed E-state index contributed by atoms with van der Waals surface area (Å²) < 4.78 is 40.1. The molecule has 0 aromatic heterocycles. The van der Waals surface area contributed by atoms with Gasteiger partial charge >= 0.3 is 6.18 Å². The lowest BCUT2D eigenvalue weighted by atomic mass is 10.2. The summed E-state index contributed by atoms with van der Waals surface area (Å²) >= 11 is 1.37. The average Bonchev–Trinajstić information content (AvgIpc) is 2.60. The summed E-state index contributed by atoms with van der Waals surface area (Å²) in [5, 5.41) is 5.15. The molecule has 1 fully saturated rings. The molecule has 1 aromatic rings. The largest absolute Gasteiger partial charge is 0.405 e. The SMILES string of the molecule is CCC(Sc1ccccc1)C(=O)NCC(N1CCNCC1)C(F)(F)F. The molecule has 2 atom stereocenters. The number of thioether (sulfide) groups is 1. The number of hydrogen-bond acceptors (Lipinski definition) is 4. The van der Waals surface area contributed by atoms with Crippen molar-refractivity contribution in [2.45, 2.75) is 35.7 Å². The van der Waals surface area contributed by atoms with Gasteiger partial charge in [0.2, 0.25) is 5.91 Å². The first kappa shape index (κ1) is 20.1. The van der Waals surface area contributed by atoms with E-state index in [-0.39, 0.29) is 5.91 Å². The summed E-state index contributed by atoms with van der Waals surface area (Å²) in [7, 11) is 0. The monoisotopic (exact) mass is 375 g/mol. The smallest absolute Gasteiger partial charge is 0.353 e. The molecule has 0 spiro atoms. The van der Waals surface area contributed by atoms with Crippen LogP contribution in [0.3, 0.4) is 0 Å². The van der Waals surface area contributed by atoms with Crippen LogP contribution in [0.2, 0.25) is 0 Å². The van der Waals surface area contributed by atoms with Crippen LogP contribution in [0, 0.1) is 0 Å². The highest BCUT2D eigenvalue weighted by molar-refractivity contribution is 8.00. The molecular formula is C17H24F3N3OS. The predicted molar refractivity (Wildman–Crippen MR) is 93.7 cm³/mol. The number of hydrogen-bond donors (Lipinski definition) is 2. The van der Waals surface area contributed by atoms with E-state index in [4.69, 9.17) is 0 Å². The van der Waals surface area contributed by atoms with Crippen LogP contribution in [0.4, 0.5) is 13.2 Å². The summed E-state index contributed by atoms with van der Waals surface area (Å²) in [6.07, 6.45) is -3.81. The first-order valence-corrected chi connectivity index (χ1v) is 9.30. The number of alkyl halides is 3. The van der Waals surface area contributed by atoms with Gasteiger partial charge in [-0.15, -0.1) is 11.8 Å². The van der Waals surface area contributed by atoms with Crippen LogP contribution in [-0.2, 0) is 4.79 Å². The molecule has 1 amide bonds. The maximum absolute atomic E-state index is 13.4. The van der Waals surface area contributed by atoms with E-state index in [1.807, 2.05) is 37.3 Å². The van der Waals surface area contributed by atoms with E-state index in [9.17, 15) is 18.0 Å². The second kappa shape index (κ2) is 9.45. The zero-order chi connectivity index (χ0) is 18.3. The van der Waals surface area contributed by atoms with Crippen LogP contribution in [0.25, 0.3) is 0 Å². The molecule has 0 radical (unpaired) electrons. The Hall–Kier alpha value is -1.25. The predicted octanol–water partition coefficient (Wildman–Crippen LogP) is 2.51. The van der Waals surface area contributed by atoms with Crippen LogP contribution in [0.15, 0.2) is 35.2 Å². The fraction of sp³-hybridized carbons (Fsp3) is 0.588. The summed E-state index contributed by atoms with van der Waals surface area (Å²) in [4.78, 5) is 14.7. The van der Waals surface area contributed by atoms with Crippen molar-refractivity contribution in [1.82, 2.24) is 15.5 Å². The summed E-state index contributed by atoms with van der Waals surface area (Å²) in [5.74, 6) is -0.347. The zero-order valence-corrected chi connectivity index (χ0v) is 15.0. The van der Waals surface area contributed by atoms with Crippen molar-refractivity contribution in [2.75, 3.05) is 32.7 Å². The molecule has 2 rings (SSSR count). The topological polar surface area (TPSA) is 44.4 Å². The number of nitrogens with one attached hydrogen (secondary N) is 2. The molecule has 1 aromatic carbocycles. The van der Waals surface area contributed by atoms with Gasteiger partial charge in [0.15, 0.2) is 0 Å². The third-order valence-electron chi connectivity index (χ3n) is 4.12. The number of benzene rings is 1. The Morgan fingerprint density at radius 3 is 2.48 bits per heavy atom. The van der Waals surface area contributed by atoms with Gasteiger partial charge in [-0.2, -0.15) is 13.2 Å². The number of carbonyl (C=O) groups excluding carboxylic acids is 1. The Kier molecular flexibility index (Phi) is 7.58. The molecule has 2 N–H and O–H groups in total. The molecule has 25 heavy (non-hydrogen) atoms. The molecule has 1 saturated heterocycles. The van der Waals surface area contributed by atoms with E-state index in [2.05, 4.69) is 10.6 Å². The first-order valence-electron chi connectivity index (χ1n) is 8.42. The number of piperazine rings is 1. The number of amides is 1. The highest BCUT2D eigenvalue weighted by atomic mass is 32.2. The minimum atomic E-state index is -4.36. The lowest BCUT2D eigenvalue weighted by molar-refractivity contribution is -0.184. The summed E-state index contributed by atoms with van der Waals surface area (Å²) in [6.45, 7) is 3.17. The third-order valence-corrected chi connectivity index (χ3v) is 5.50. The van der Waals surface area contributed by atoms with Gasteiger partial charge in [0.25, 0.3) is 0 Å². The molecule has 2 unspecified atom stereocenters. The van der Waals surface area contributed by atoms with Crippen LogP contribution in [0.5, 0.6) is 0 Å². The zero-order valence-electron chi connectivity index (χ0n) is 14.2. The van der Waals surface area contributed by atoms with Crippen molar-refractivity contribution in [3.63, 3.8) is 0 Å². The fourth-order valence-electron chi connectivity index (χ4n) is 2.74. The van der Waals surface area contributed by atoms with Gasteiger partial charge in [0.1, 0.15) is 6.04 Å². The maximum Gasteiger partial charge on any atom is 0.405 e. The minimum absolute atomic E-state index is 0.329. The van der Waals surface area contributed by atoms with Crippen molar-refractivity contribution < 1.29 is 18.0 Å². The van der Waals surface area contributed by atoms with E-state index in [0.29, 0.717) is 32.6 Å². The third kappa shape index (κ3) is 6.20. The highest BCUT2D eigenvalue weighted by Crippen LogP contribution is 2.27. The minimum Gasteiger partial charge on any atom is -0.353 e. The van der Waals surface area contributed by atoms with Crippen molar-refractivity contribution in [3.05, 3.63) is 30.3 Å². The van der Waals surface area contributed by atoms with Gasteiger partial charge in [-0.3, -0.25) is 9.69 Å². The second-order valence-electron chi connectivity index (χ2n) is 5.92. The Morgan fingerprint density at radius 2 is 1.92 bits per heavy atom. The number of nitrogens with zero attached hydrogens (tertiary/aromatic N) is 1. The van der Waals surface area contributed by atoms with Crippen molar-refractivity contribution >= 4 is 17.7 Å². The lowest BCUT2D eigenvalue weighted by Crippen LogP contribution is -2.58. The Morgan fingerprint density at radius 1 is 1.28 bits per heavy atom. The van der Waals surface area contributed by atoms with Gasteiger partial charge in [0.05, 0.1) is 5.25 Å². The quantitative estimate of drug-likeness (QED) is 0.719. The standard InChI is InChI=1S/C17H24F3N3OS/c1-2-14(25-13-6-4-3-5-7-13)16(24)22-12-15(17(18,19)20)23-10-8-21-9-11-23/h3-7,14-15,21H,2,8-12H2,1H3,(H,22,24). The molecule has 8 heteroatoms. The van der Waals surface area contributed by atoms with Crippen LogP contribution in [0.1, 0.15) is 13.3 Å². The molecule has 1 aliphatic heterocycles. The number of halogens is 3. The Bertz CT molecular complexity index is 536. The van der Waals surface area contributed by atoms with Gasteiger partial charge in [0, 0.05) is 37.6 Å². The molecule has 0 bridgehead atoms. The van der Waals surface area contributed by atoms with Gasteiger partial charge in [-0.05, 0) is 18.6 Å². The van der Waals surface area contributed by atoms with E-state index >= 15 is 0 Å². The van der Waals surface area contributed by atoms with Crippen LogP contribution in [-0.4, -0.2) is 61.0 Å². The first-order chi connectivity index (χ1) is 11.9. The fourth-order valence-corrected chi connectivity index (χ4v) is 3.74. The van der Waals surface area contributed by atoms with E-state index in [1.54, 1.807) is 0 Å². The van der Waals surface area contributed by atoms with Gasteiger partial charge in [-0.1, -0.05) is 25.1 Å². The molecule has 140 valence electrons. The van der Waals surface area contributed by atoms with Crippen molar-refractivity contribution in [3.8, 4) is 0 Å².